The first kappa shape index (κ1) is 24.2. The average molecular weight is 481 g/mol. The second-order valence-electron chi connectivity index (χ2n) is 7.57. The number of hydrogen-bond donors (Lipinski definition) is 2. The zero-order valence-electron chi connectivity index (χ0n) is 17.8. The molecule has 10 heteroatoms. The van der Waals surface area contributed by atoms with Crippen molar-refractivity contribution >= 4 is 39.2 Å². The number of carbonyl (C=O) groups is 2. The van der Waals surface area contributed by atoms with E-state index in [4.69, 9.17) is 21.1 Å². The molecule has 2 aromatic carbocycles. The van der Waals surface area contributed by atoms with Crippen LogP contribution in [-0.4, -0.2) is 46.2 Å². The molecule has 1 saturated heterocycles. The molecule has 0 saturated carbocycles. The molecule has 0 aromatic heterocycles. The van der Waals surface area contributed by atoms with Gasteiger partial charge in [-0.15, -0.1) is 0 Å². The van der Waals surface area contributed by atoms with Crippen molar-refractivity contribution in [1.29, 1.82) is 0 Å². The molecule has 2 aromatic rings. The second-order valence-corrected chi connectivity index (χ2v) is 9.72. The Balaban J connectivity index is 1.62. The number of anilines is 1. The normalized spacial score (nSPS) is 16.0. The highest BCUT2D eigenvalue weighted by atomic mass is 35.5. The standard InChI is InChI=1S/C22H25ClN2O6S/c1-14-5-8-19(15(2)10-14)25-21(26)13-31-22(27)16-6-7-18(23)20(11-16)32(28,29)24-12-17-4-3-9-30-17/h5-8,10-11,17,24H,3-4,9,12-13H2,1-2H3,(H,25,26). The monoisotopic (exact) mass is 480 g/mol. The van der Waals surface area contributed by atoms with Crippen LogP contribution >= 0.6 is 11.6 Å². The minimum atomic E-state index is -3.96. The topological polar surface area (TPSA) is 111 Å². The van der Waals surface area contributed by atoms with E-state index in [-0.39, 0.29) is 28.1 Å². The van der Waals surface area contributed by atoms with E-state index in [9.17, 15) is 18.0 Å². The molecule has 1 amide bonds. The van der Waals surface area contributed by atoms with E-state index >= 15 is 0 Å². The van der Waals surface area contributed by atoms with Gasteiger partial charge in [-0.05, 0) is 56.5 Å². The van der Waals surface area contributed by atoms with Gasteiger partial charge in [-0.1, -0.05) is 29.3 Å². The third-order valence-electron chi connectivity index (χ3n) is 4.97. The molecule has 3 rings (SSSR count). The number of amides is 1. The van der Waals surface area contributed by atoms with Gasteiger partial charge in [-0.25, -0.2) is 17.9 Å². The van der Waals surface area contributed by atoms with E-state index in [0.29, 0.717) is 12.3 Å². The summed E-state index contributed by atoms with van der Waals surface area (Å²) in [5.74, 6) is -1.35. The van der Waals surface area contributed by atoms with E-state index in [1.165, 1.54) is 12.1 Å². The van der Waals surface area contributed by atoms with Crippen LogP contribution in [0.2, 0.25) is 5.02 Å². The van der Waals surface area contributed by atoms with E-state index in [2.05, 4.69) is 10.0 Å². The van der Waals surface area contributed by atoms with Crippen molar-refractivity contribution in [2.24, 2.45) is 0 Å². The first-order chi connectivity index (χ1) is 15.2. The van der Waals surface area contributed by atoms with Gasteiger partial charge in [0.25, 0.3) is 5.91 Å². The summed E-state index contributed by atoms with van der Waals surface area (Å²) in [5.41, 5.74) is 2.53. The smallest absolute Gasteiger partial charge is 0.338 e. The molecule has 1 unspecified atom stereocenters. The Morgan fingerprint density at radius 2 is 1.97 bits per heavy atom. The van der Waals surface area contributed by atoms with Crippen LogP contribution in [0, 0.1) is 13.8 Å². The molecular weight excluding hydrogens is 456 g/mol. The highest BCUT2D eigenvalue weighted by Crippen LogP contribution is 2.24. The predicted octanol–water partition coefficient (Wildman–Crippen LogP) is 3.21. The molecule has 1 fully saturated rings. The number of halogens is 1. The number of carbonyl (C=O) groups excluding carboxylic acids is 2. The van der Waals surface area contributed by atoms with Crippen LogP contribution in [0.5, 0.6) is 0 Å². The number of rotatable bonds is 8. The third kappa shape index (κ3) is 6.29. The summed E-state index contributed by atoms with van der Waals surface area (Å²) in [4.78, 5) is 24.3. The fraction of sp³-hybridized carbons (Fsp3) is 0.364. The van der Waals surface area contributed by atoms with Crippen molar-refractivity contribution < 1.29 is 27.5 Å². The van der Waals surface area contributed by atoms with Crippen molar-refractivity contribution in [2.75, 3.05) is 25.1 Å². The fourth-order valence-corrected chi connectivity index (χ4v) is 4.87. The maximum absolute atomic E-state index is 12.6. The van der Waals surface area contributed by atoms with Gasteiger partial charge in [-0.3, -0.25) is 4.79 Å². The van der Waals surface area contributed by atoms with Crippen LogP contribution in [0.15, 0.2) is 41.3 Å². The largest absolute Gasteiger partial charge is 0.452 e. The Labute approximate surface area is 192 Å². The van der Waals surface area contributed by atoms with E-state index in [0.717, 1.165) is 30.0 Å². The molecule has 8 nitrogen and oxygen atoms in total. The predicted molar refractivity (Wildman–Crippen MR) is 120 cm³/mol. The summed E-state index contributed by atoms with van der Waals surface area (Å²) in [6.07, 6.45) is 1.46. The molecule has 1 aliphatic heterocycles. The lowest BCUT2D eigenvalue weighted by Crippen LogP contribution is -2.32. The SMILES string of the molecule is Cc1ccc(NC(=O)COC(=O)c2ccc(Cl)c(S(=O)(=O)NCC3CCCO3)c2)c(C)c1. The first-order valence-electron chi connectivity index (χ1n) is 10.1. The fourth-order valence-electron chi connectivity index (χ4n) is 3.28. The van der Waals surface area contributed by atoms with Gasteiger partial charge in [-0.2, -0.15) is 0 Å². The number of sulfonamides is 1. The highest BCUT2D eigenvalue weighted by Gasteiger charge is 2.24. The Kier molecular flexibility index (Phi) is 7.89. The van der Waals surface area contributed by atoms with Crippen LogP contribution in [-0.2, 0) is 24.3 Å². The van der Waals surface area contributed by atoms with Gasteiger partial charge in [0.05, 0.1) is 16.7 Å². The average Bonchev–Trinajstić information content (AvgIpc) is 3.27. The second kappa shape index (κ2) is 10.4. The summed E-state index contributed by atoms with van der Waals surface area (Å²) in [6, 6.07) is 9.32. The number of aryl methyl sites for hydroxylation is 2. The van der Waals surface area contributed by atoms with E-state index < -0.39 is 28.5 Å². The lowest BCUT2D eigenvalue weighted by molar-refractivity contribution is -0.119. The van der Waals surface area contributed by atoms with Crippen molar-refractivity contribution in [3.63, 3.8) is 0 Å². The van der Waals surface area contributed by atoms with E-state index in [1.807, 2.05) is 26.0 Å². The number of nitrogens with one attached hydrogen (secondary N) is 2. The zero-order chi connectivity index (χ0) is 23.3. The van der Waals surface area contributed by atoms with Crippen LogP contribution in [0.1, 0.15) is 34.3 Å². The van der Waals surface area contributed by atoms with Gasteiger partial charge >= 0.3 is 5.97 Å². The minimum absolute atomic E-state index is 0.0334. The van der Waals surface area contributed by atoms with Gasteiger partial charge < -0.3 is 14.8 Å². The van der Waals surface area contributed by atoms with Crippen molar-refractivity contribution in [3.05, 3.63) is 58.1 Å². The molecule has 172 valence electrons. The molecular formula is C22H25ClN2O6S. The lowest BCUT2D eigenvalue weighted by atomic mass is 10.1. The van der Waals surface area contributed by atoms with Crippen LogP contribution in [0.25, 0.3) is 0 Å². The minimum Gasteiger partial charge on any atom is -0.452 e. The molecule has 1 heterocycles. The Hall–Kier alpha value is -2.46. The molecule has 0 radical (unpaired) electrons. The maximum Gasteiger partial charge on any atom is 0.338 e. The summed E-state index contributed by atoms with van der Waals surface area (Å²) in [7, 11) is -3.96. The van der Waals surface area contributed by atoms with E-state index in [1.54, 1.807) is 6.07 Å². The summed E-state index contributed by atoms with van der Waals surface area (Å²) in [5, 5.41) is 2.64. The molecule has 1 aliphatic rings. The Morgan fingerprint density at radius 3 is 2.66 bits per heavy atom. The third-order valence-corrected chi connectivity index (χ3v) is 6.88. The summed E-state index contributed by atoms with van der Waals surface area (Å²) < 4.78 is 38.2. The summed E-state index contributed by atoms with van der Waals surface area (Å²) in [6.45, 7) is 4.00. The number of benzene rings is 2. The molecule has 32 heavy (non-hydrogen) atoms. The van der Waals surface area contributed by atoms with Crippen LogP contribution in [0.3, 0.4) is 0 Å². The van der Waals surface area contributed by atoms with Gasteiger partial charge in [0, 0.05) is 18.8 Å². The van der Waals surface area contributed by atoms with Gasteiger partial charge in [0.2, 0.25) is 10.0 Å². The molecule has 2 N–H and O–H groups in total. The zero-order valence-corrected chi connectivity index (χ0v) is 19.4. The molecule has 0 aliphatic carbocycles. The number of hydrogen-bond acceptors (Lipinski definition) is 6. The molecule has 0 spiro atoms. The molecule has 0 bridgehead atoms. The Bertz CT molecular complexity index is 1110. The lowest BCUT2D eigenvalue weighted by Gasteiger charge is -2.13. The van der Waals surface area contributed by atoms with Crippen molar-refractivity contribution in [3.8, 4) is 0 Å². The highest BCUT2D eigenvalue weighted by molar-refractivity contribution is 7.89. The summed E-state index contributed by atoms with van der Waals surface area (Å²) >= 11 is 6.06. The van der Waals surface area contributed by atoms with Crippen molar-refractivity contribution in [1.82, 2.24) is 4.72 Å². The number of ether oxygens (including phenoxy) is 2. The van der Waals surface area contributed by atoms with Crippen LogP contribution < -0.4 is 10.0 Å². The van der Waals surface area contributed by atoms with Crippen molar-refractivity contribution in [2.45, 2.75) is 37.7 Å². The maximum atomic E-state index is 12.6. The molecule has 1 atom stereocenters. The first-order valence-corrected chi connectivity index (χ1v) is 12.0. The van der Waals surface area contributed by atoms with Gasteiger partial charge in [0.15, 0.2) is 6.61 Å². The quantitative estimate of drug-likeness (QED) is 0.561. The Morgan fingerprint density at radius 1 is 1.19 bits per heavy atom. The number of esters is 1. The van der Waals surface area contributed by atoms with Crippen LogP contribution in [0.4, 0.5) is 5.69 Å². The van der Waals surface area contributed by atoms with Gasteiger partial charge in [0.1, 0.15) is 4.90 Å².